The normalized spacial score (nSPS) is 20.9. The molecule has 36 heavy (non-hydrogen) atoms. The van der Waals surface area contributed by atoms with Gasteiger partial charge in [0.2, 0.25) is 5.91 Å². The van der Waals surface area contributed by atoms with Crippen LogP contribution < -0.4 is 10.1 Å². The number of carbonyl (C=O) groups is 2. The van der Waals surface area contributed by atoms with Crippen molar-refractivity contribution in [1.82, 2.24) is 9.80 Å². The number of rotatable bonds is 8. The number of ether oxygens (including phenoxy) is 1. The molecule has 4 rings (SSSR count). The zero-order valence-corrected chi connectivity index (χ0v) is 22.4. The van der Waals surface area contributed by atoms with Crippen LogP contribution in [0.15, 0.2) is 36.4 Å². The average Bonchev–Trinajstić information content (AvgIpc) is 3.69. The van der Waals surface area contributed by atoms with Gasteiger partial charge in [0.15, 0.2) is 0 Å². The standard InChI is InChI=1S/C27H33Cl2N3O4/c1-16-12-32(17(2)15-33)27(35)21-11-20(30-26(34)19-5-6-19)7-9-24(21)36-25(16)14-31(3)13-18-4-8-22(28)23(29)10-18/h4,7-11,16-17,19,25,33H,5-6,12-15H2,1-3H3,(H,30,34)/t16-,17-,25-/m0/s1. The summed E-state index contributed by atoms with van der Waals surface area (Å²) in [6.07, 6.45) is 1.58. The molecule has 2 aliphatic rings. The van der Waals surface area contributed by atoms with Gasteiger partial charge in [-0.05, 0) is 62.7 Å². The van der Waals surface area contributed by atoms with Crippen LogP contribution in [0.3, 0.4) is 0 Å². The van der Waals surface area contributed by atoms with E-state index >= 15 is 0 Å². The van der Waals surface area contributed by atoms with Gasteiger partial charge < -0.3 is 20.1 Å². The topological polar surface area (TPSA) is 82.1 Å². The zero-order chi connectivity index (χ0) is 26.0. The number of benzene rings is 2. The average molecular weight is 534 g/mol. The van der Waals surface area contributed by atoms with Gasteiger partial charge in [0.05, 0.1) is 28.3 Å². The SMILES string of the molecule is C[C@H]1CN([C@@H](C)CO)C(=O)c2cc(NC(=O)C3CC3)ccc2O[C@H]1CN(C)Cc1ccc(Cl)c(Cl)c1. The number of carbonyl (C=O) groups excluding carboxylic acids is 2. The predicted molar refractivity (Wildman–Crippen MR) is 142 cm³/mol. The van der Waals surface area contributed by atoms with Crippen LogP contribution in [0, 0.1) is 11.8 Å². The monoisotopic (exact) mass is 533 g/mol. The largest absolute Gasteiger partial charge is 0.488 e. The molecule has 3 atom stereocenters. The highest BCUT2D eigenvalue weighted by atomic mass is 35.5. The molecule has 7 nitrogen and oxygen atoms in total. The van der Waals surface area contributed by atoms with Crippen LogP contribution in [-0.2, 0) is 11.3 Å². The van der Waals surface area contributed by atoms with Gasteiger partial charge in [-0.3, -0.25) is 14.5 Å². The summed E-state index contributed by atoms with van der Waals surface area (Å²) in [5, 5.41) is 13.8. The van der Waals surface area contributed by atoms with Crippen LogP contribution in [0.2, 0.25) is 10.0 Å². The van der Waals surface area contributed by atoms with Crippen molar-refractivity contribution in [3.8, 4) is 5.75 Å². The van der Waals surface area contributed by atoms with Crippen molar-refractivity contribution in [3.63, 3.8) is 0 Å². The van der Waals surface area contributed by atoms with Crippen LogP contribution in [0.25, 0.3) is 0 Å². The first-order chi connectivity index (χ1) is 17.2. The molecule has 0 radical (unpaired) electrons. The number of anilines is 1. The van der Waals surface area contributed by atoms with E-state index in [1.807, 2.05) is 26.1 Å². The number of aliphatic hydroxyl groups excluding tert-OH is 1. The van der Waals surface area contributed by atoms with E-state index < -0.39 is 0 Å². The third-order valence-corrected chi connectivity index (χ3v) is 7.55. The quantitative estimate of drug-likeness (QED) is 0.514. The lowest BCUT2D eigenvalue weighted by atomic mass is 9.99. The molecule has 2 aromatic carbocycles. The number of hydrogen-bond acceptors (Lipinski definition) is 5. The van der Waals surface area contributed by atoms with Crippen molar-refractivity contribution in [2.75, 3.05) is 32.1 Å². The van der Waals surface area contributed by atoms with E-state index in [2.05, 4.69) is 17.1 Å². The van der Waals surface area contributed by atoms with E-state index in [1.165, 1.54) is 0 Å². The summed E-state index contributed by atoms with van der Waals surface area (Å²) in [5.74, 6) is 0.288. The van der Waals surface area contributed by atoms with E-state index in [4.69, 9.17) is 27.9 Å². The number of nitrogens with zero attached hydrogens (tertiary/aromatic N) is 2. The van der Waals surface area contributed by atoms with Crippen molar-refractivity contribution in [1.29, 1.82) is 0 Å². The lowest BCUT2D eigenvalue weighted by Gasteiger charge is -2.38. The van der Waals surface area contributed by atoms with Gasteiger partial charge >= 0.3 is 0 Å². The Bertz CT molecular complexity index is 1120. The Morgan fingerprint density at radius 1 is 1.22 bits per heavy atom. The molecular weight excluding hydrogens is 501 g/mol. The molecule has 1 fully saturated rings. The number of fused-ring (bicyclic) bond motifs is 1. The molecule has 9 heteroatoms. The minimum absolute atomic E-state index is 0.00148. The molecule has 1 aliphatic carbocycles. The molecule has 2 N–H and O–H groups in total. The van der Waals surface area contributed by atoms with Gasteiger partial charge in [-0.25, -0.2) is 0 Å². The van der Waals surface area contributed by atoms with Crippen molar-refractivity contribution in [3.05, 3.63) is 57.6 Å². The highest BCUT2D eigenvalue weighted by molar-refractivity contribution is 6.42. The molecule has 2 aromatic rings. The fourth-order valence-electron chi connectivity index (χ4n) is 4.43. The number of hydrogen-bond donors (Lipinski definition) is 2. The third kappa shape index (κ3) is 6.32. The van der Waals surface area contributed by atoms with E-state index in [9.17, 15) is 14.7 Å². The zero-order valence-electron chi connectivity index (χ0n) is 20.8. The number of amides is 2. The van der Waals surface area contributed by atoms with Gasteiger partial charge in [-0.15, -0.1) is 0 Å². The highest BCUT2D eigenvalue weighted by Crippen LogP contribution is 2.33. The summed E-state index contributed by atoms with van der Waals surface area (Å²) in [6, 6.07) is 10.4. The fourth-order valence-corrected chi connectivity index (χ4v) is 4.75. The van der Waals surface area contributed by atoms with Crippen molar-refractivity contribution in [2.24, 2.45) is 11.8 Å². The molecule has 0 saturated heterocycles. The van der Waals surface area contributed by atoms with E-state index in [1.54, 1.807) is 29.2 Å². The Morgan fingerprint density at radius 2 is 1.97 bits per heavy atom. The van der Waals surface area contributed by atoms with Crippen LogP contribution in [-0.4, -0.2) is 65.6 Å². The van der Waals surface area contributed by atoms with Crippen molar-refractivity contribution < 1.29 is 19.4 Å². The summed E-state index contributed by atoms with van der Waals surface area (Å²) >= 11 is 12.2. The Balaban J connectivity index is 1.57. The first kappa shape index (κ1) is 26.7. The van der Waals surface area contributed by atoms with Crippen molar-refractivity contribution >= 4 is 40.7 Å². The van der Waals surface area contributed by atoms with Gasteiger partial charge in [-0.1, -0.05) is 36.2 Å². The van der Waals surface area contributed by atoms with Gasteiger partial charge in [0, 0.05) is 37.2 Å². The van der Waals surface area contributed by atoms with Crippen LogP contribution >= 0.6 is 23.2 Å². The molecule has 1 heterocycles. The minimum atomic E-state index is -0.356. The number of aliphatic hydroxyl groups is 1. The van der Waals surface area contributed by atoms with Gasteiger partial charge in [0.25, 0.3) is 5.91 Å². The molecule has 0 unspecified atom stereocenters. The summed E-state index contributed by atoms with van der Waals surface area (Å²) < 4.78 is 6.44. The summed E-state index contributed by atoms with van der Waals surface area (Å²) in [7, 11) is 2.01. The summed E-state index contributed by atoms with van der Waals surface area (Å²) in [4.78, 5) is 29.7. The maximum atomic E-state index is 13.5. The van der Waals surface area contributed by atoms with Crippen molar-refractivity contribution in [2.45, 2.75) is 45.4 Å². The number of halogens is 2. The summed E-state index contributed by atoms with van der Waals surface area (Å²) in [5.41, 5.74) is 1.99. The molecule has 0 spiro atoms. The second-order valence-electron chi connectivity index (χ2n) is 10.0. The Kier molecular flexibility index (Phi) is 8.45. The van der Waals surface area contributed by atoms with Crippen LogP contribution in [0.1, 0.15) is 42.6 Å². The molecule has 194 valence electrons. The first-order valence-electron chi connectivity index (χ1n) is 12.3. The molecule has 0 aromatic heterocycles. The second kappa shape index (κ2) is 11.4. The molecular formula is C27H33Cl2N3O4. The Hall–Kier alpha value is -2.32. The Labute approximate surface area is 222 Å². The third-order valence-electron chi connectivity index (χ3n) is 6.81. The Morgan fingerprint density at radius 3 is 2.64 bits per heavy atom. The molecule has 2 amide bonds. The molecule has 0 bridgehead atoms. The maximum Gasteiger partial charge on any atom is 0.258 e. The summed E-state index contributed by atoms with van der Waals surface area (Å²) in [6.45, 7) is 5.43. The number of likely N-dealkylation sites (N-methyl/N-ethyl adjacent to an activating group) is 1. The lowest BCUT2D eigenvalue weighted by Crippen LogP contribution is -2.49. The van der Waals surface area contributed by atoms with Crippen LogP contribution in [0.5, 0.6) is 5.75 Å². The number of nitrogens with one attached hydrogen (secondary N) is 1. The molecule has 1 saturated carbocycles. The van der Waals surface area contributed by atoms with Gasteiger partial charge in [-0.2, -0.15) is 0 Å². The van der Waals surface area contributed by atoms with E-state index in [0.717, 1.165) is 18.4 Å². The maximum absolute atomic E-state index is 13.5. The van der Waals surface area contributed by atoms with E-state index in [0.29, 0.717) is 46.7 Å². The highest BCUT2D eigenvalue weighted by Gasteiger charge is 2.34. The predicted octanol–water partition coefficient (Wildman–Crippen LogP) is 4.69. The second-order valence-corrected chi connectivity index (χ2v) is 10.9. The first-order valence-corrected chi connectivity index (χ1v) is 13.1. The lowest BCUT2D eigenvalue weighted by molar-refractivity contribution is -0.117. The fraction of sp³-hybridized carbons (Fsp3) is 0.481. The van der Waals surface area contributed by atoms with Crippen LogP contribution in [0.4, 0.5) is 5.69 Å². The van der Waals surface area contributed by atoms with Gasteiger partial charge in [0.1, 0.15) is 11.9 Å². The van der Waals surface area contributed by atoms with E-state index in [-0.39, 0.29) is 42.4 Å². The molecule has 1 aliphatic heterocycles. The smallest absolute Gasteiger partial charge is 0.258 e. The minimum Gasteiger partial charge on any atom is -0.488 e.